The van der Waals surface area contributed by atoms with E-state index in [-0.39, 0.29) is 5.56 Å². The molecule has 0 fully saturated rings. The third kappa shape index (κ3) is 2.25. The van der Waals surface area contributed by atoms with Crippen LogP contribution in [0, 0.1) is 6.92 Å². The zero-order chi connectivity index (χ0) is 13.3. The number of hydrogen-bond acceptors (Lipinski definition) is 3. The largest absolute Gasteiger partial charge is 0.478 e. The van der Waals surface area contributed by atoms with Gasteiger partial charge < -0.3 is 5.11 Å². The van der Waals surface area contributed by atoms with E-state index in [0.29, 0.717) is 11.7 Å². The van der Waals surface area contributed by atoms with Crippen LogP contribution in [0.5, 0.6) is 0 Å². The first-order valence-corrected chi connectivity index (χ1v) is 5.76. The molecule has 0 unspecified atom stereocenters. The second-order valence-corrected chi connectivity index (χ2v) is 4.47. The van der Waals surface area contributed by atoms with Gasteiger partial charge in [0.05, 0.1) is 5.69 Å². The molecular formula is C13H15N3O2. The van der Waals surface area contributed by atoms with Crippen LogP contribution in [0.1, 0.15) is 41.5 Å². The summed E-state index contributed by atoms with van der Waals surface area (Å²) in [6, 6.07) is 5.11. The summed E-state index contributed by atoms with van der Waals surface area (Å²) in [6.45, 7) is 5.89. The topological polar surface area (TPSA) is 68.0 Å². The van der Waals surface area contributed by atoms with Crippen LogP contribution in [0.3, 0.4) is 0 Å². The summed E-state index contributed by atoms with van der Waals surface area (Å²) in [5.74, 6) is -0.349. The Morgan fingerprint density at radius 2 is 2.06 bits per heavy atom. The van der Waals surface area contributed by atoms with Crippen LogP contribution in [0.25, 0.3) is 5.82 Å². The number of hydrogen-bond donors (Lipinski definition) is 1. The molecule has 2 aromatic heterocycles. The third-order valence-electron chi connectivity index (χ3n) is 2.66. The van der Waals surface area contributed by atoms with Crippen molar-refractivity contribution in [3.8, 4) is 5.82 Å². The molecule has 0 bridgehead atoms. The molecule has 0 saturated carbocycles. The lowest BCUT2D eigenvalue weighted by Crippen LogP contribution is -2.09. The molecule has 1 N–H and O–H groups in total. The number of pyridine rings is 1. The molecule has 2 heterocycles. The highest BCUT2D eigenvalue weighted by atomic mass is 16.4. The maximum absolute atomic E-state index is 11.2. The van der Waals surface area contributed by atoms with E-state index in [1.807, 2.05) is 26.8 Å². The van der Waals surface area contributed by atoms with Crippen LogP contribution in [-0.2, 0) is 0 Å². The number of nitrogens with zero attached hydrogens (tertiary/aromatic N) is 3. The van der Waals surface area contributed by atoms with E-state index in [4.69, 9.17) is 5.11 Å². The highest BCUT2D eigenvalue weighted by Crippen LogP contribution is 2.16. The second-order valence-electron chi connectivity index (χ2n) is 4.47. The van der Waals surface area contributed by atoms with E-state index >= 15 is 0 Å². The Hall–Kier alpha value is -2.17. The van der Waals surface area contributed by atoms with Crippen molar-refractivity contribution >= 4 is 5.97 Å². The van der Waals surface area contributed by atoms with Crippen molar-refractivity contribution in [1.29, 1.82) is 0 Å². The molecule has 94 valence electrons. The Balaban J connectivity index is 2.54. The summed E-state index contributed by atoms with van der Waals surface area (Å²) in [7, 11) is 0. The van der Waals surface area contributed by atoms with Gasteiger partial charge in [0.1, 0.15) is 5.56 Å². The predicted molar refractivity (Wildman–Crippen MR) is 67.1 cm³/mol. The van der Waals surface area contributed by atoms with E-state index in [2.05, 4.69) is 10.1 Å². The van der Waals surface area contributed by atoms with Gasteiger partial charge in [-0.05, 0) is 31.0 Å². The van der Waals surface area contributed by atoms with Crippen molar-refractivity contribution in [2.75, 3.05) is 0 Å². The van der Waals surface area contributed by atoms with Gasteiger partial charge in [0.15, 0.2) is 5.82 Å². The first-order chi connectivity index (χ1) is 8.49. The van der Waals surface area contributed by atoms with E-state index < -0.39 is 5.97 Å². The minimum Gasteiger partial charge on any atom is -0.478 e. The van der Waals surface area contributed by atoms with Gasteiger partial charge in [0, 0.05) is 11.9 Å². The average molecular weight is 245 g/mol. The molecule has 5 nitrogen and oxygen atoms in total. The number of aromatic carboxylic acids is 1. The highest BCUT2D eigenvalue weighted by Gasteiger charge is 2.15. The van der Waals surface area contributed by atoms with Crippen molar-refractivity contribution in [2.45, 2.75) is 26.7 Å². The molecule has 0 radical (unpaired) electrons. The van der Waals surface area contributed by atoms with E-state index in [9.17, 15) is 4.79 Å². The molecule has 0 atom stereocenters. The van der Waals surface area contributed by atoms with Crippen LogP contribution >= 0.6 is 0 Å². The Labute approximate surface area is 105 Å². The molecule has 2 rings (SSSR count). The Morgan fingerprint density at radius 3 is 2.61 bits per heavy atom. The van der Waals surface area contributed by atoms with Crippen LogP contribution in [0.2, 0.25) is 0 Å². The average Bonchev–Trinajstić information content (AvgIpc) is 2.77. The van der Waals surface area contributed by atoms with Crippen molar-refractivity contribution < 1.29 is 9.90 Å². The van der Waals surface area contributed by atoms with Crippen LogP contribution in [-0.4, -0.2) is 25.8 Å². The summed E-state index contributed by atoms with van der Waals surface area (Å²) < 4.78 is 1.52. The Morgan fingerprint density at radius 1 is 1.33 bits per heavy atom. The summed E-state index contributed by atoms with van der Waals surface area (Å²) in [4.78, 5) is 15.4. The molecule has 0 aliphatic carbocycles. The number of aryl methyl sites for hydroxylation is 1. The first-order valence-electron chi connectivity index (χ1n) is 5.76. The molecular weight excluding hydrogens is 230 g/mol. The number of rotatable bonds is 3. The maximum Gasteiger partial charge on any atom is 0.339 e. The lowest BCUT2D eigenvalue weighted by molar-refractivity contribution is 0.0696. The molecule has 5 heteroatoms. The molecule has 0 aromatic carbocycles. The molecule has 0 aliphatic heterocycles. The zero-order valence-electron chi connectivity index (χ0n) is 10.6. The molecule has 0 spiro atoms. The van der Waals surface area contributed by atoms with E-state index in [1.165, 1.54) is 4.68 Å². The predicted octanol–water partition coefficient (Wildman–Crippen LogP) is 2.40. The van der Waals surface area contributed by atoms with Gasteiger partial charge in [-0.2, -0.15) is 5.10 Å². The quantitative estimate of drug-likeness (QED) is 0.901. The first kappa shape index (κ1) is 12.3. The van der Waals surface area contributed by atoms with E-state index in [1.54, 1.807) is 18.3 Å². The van der Waals surface area contributed by atoms with Crippen molar-refractivity contribution in [3.63, 3.8) is 0 Å². The van der Waals surface area contributed by atoms with Gasteiger partial charge in [-0.1, -0.05) is 13.8 Å². The summed E-state index contributed by atoms with van der Waals surface area (Å²) >= 11 is 0. The van der Waals surface area contributed by atoms with Crippen molar-refractivity contribution in [1.82, 2.24) is 14.8 Å². The molecule has 0 aliphatic rings. The minimum absolute atomic E-state index is 0.152. The number of carboxylic acids is 1. The SMILES string of the molecule is Cc1ccc(C(=O)O)c(-n2ccc(C(C)C)n2)n1. The van der Waals surface area contributed by atoms with Crippen LogP contribution in [0.15, 0.2) is 24.4 Å². The fourth-order valence-electron chi connectivity index (χ4n) is 1.65. The van der Waals surface area contributed by atoms with Gasteiger partial charge in [-0.15, -0.1) is 0 Å². The van der Waals surface area contributed by atoms with Gasteiger partial charge in [-0.25, -0.2) is 14.5 Å². The van der Waals surface area contributed by atoms with Gasteiger partial charge in [0.2, 0.25) is 0 Å². The summed E-state index contributed by atoms with van der Waals surface area (Å²) in [5, 5.41) is 13.5. The maximum atomic E-state index is 11.2. The van der Waals surface area contributed by atoms with Crippen LogP contribution < -0.4 is 0 Å². The van der Waals surface area contributed by atoms with Gasteiger partial charge in [-0.3, -0.25) is 0 Å². The monoisotopic (exact) mass is 245 g/mol. The number of carboxylic acid groups (broad SMARTS) is 1. The number of carbonyl (C=O) groups is 1. The lowest BCUT2D eigenvalue weighted by atomic mass is 10.1. The molecule has 0 saturated heterocycles. The molecule has 18 heavy (non-hydrogen) atoms. The third-order valence-corrected chi connectivity index (χ3v) is 2.66. The highest BCUT2D eigenvalue weighted by molar-refractivity contribution is 5.91. The second kappa shape index (κ2) is 4.60. The normalized spacial score (nSPS) is 10.9. The van der Waals surface area contributed by atoms with E-state index in [0.717, 1.165) is 11.4 Å². The van der Waals surface area contributed by atoms with Crippen molar-refractivity contribution in [2.24, 2.45) is 0 Å². The number of aromatic nitrogens is 3. The van der Waals surface area contributed by atoms with Crippen LogP contribution in [0.4, 0.5) is 0 Å². The minimum atomic E-state index is -1.00. The van der Waals surface area contributed by atoms with Gasteiger partial charge >= 0.3 is 5.97 Å². The smallest absolute Gasteiger partial charge is 0.339 e. The molecule has 2 aromatic rings. The van der Waals surface area contributed by atoms with Crippen molar-refractivity contribution in [3.05, 3.63) is 41.3 Å². The summed E-state index contributed by atoms with van der Waals surface area (Å²) in [5.41, 5.74) is 1.82. The standard InChI is InChI=1S/C13H15N3O2/c1-8(2)11-6-7-16(15-11)12-10(13(17)18)5-4-9(3)14-12/h4-8H,1-3H3,(H,17,18). The summed E-state index contributed by atoms with van der Waals surface area (Å²) in [6.07, 6.45) is 1.74. The Bertz CT molecular complexity index is 588. The zero-order valence-corrected chi connectivity index (χ0v) is 10.6. The lowest BCUT2D eigenvalue weighted by Gasteiger charge is -2.06. The molecule has 0 amide bonds. The fraction of sp³-hybridized carbons (Fsp3) is 0.308. The van der Waals surface area contributed by atoms with Gasteiger partial charge in [0.25, 0.3) is 0 Å². The Kier molecular flexibility index (Phi) is 3.14. The fourth-order valence-corrected chi connectivity index (χ4v) is 1.65.